The van der Waals surface area contributed by atoms with Crippen LogP contribution in [0.1, 0.15) is 99.8 Å². The van der Waals surface area contributed by atoms with E-state index in [9.17, 15) is 5.11 Å². The Hall–Kier alpha value is -0.383. The molecule has 34 heavy (non-hydrogen) atoms. The molecule has 9 atom stereocenters. The molecule has 1 unspecified atom stereocenters. The summed E-state index contributed by atoms with van der Waals surface area (Å²) in [6.07, 6.45) is 17.9. The largest absolute Gasteiger partial charge is 0.410 e. The first-order valence-electron chi connectivity index (χ1n) is 14.4. The molecule has 4 rings (SSSR count). The van der Waals surface area contributed by atoms with E-state index in [0.29, 0.717) is 5.41 Å². The van der Waals surface area contributed by atoms with Gasteiger partial charge in [-0.25, -0.2) is 0 Å². The van der Waals surface area contributed by atoms with Crippen LogP contribution in [0.2, 0.25) is 18.1 Å². The first kappa shape index (κ1) is 26.7. The van der Waals surface area contributed by atoms with E-state index in [0.717, 1.165) is 42.4 Å². The van der Waals surface area contributed by atoms with Crippen molar-refractivity contribution in [2.45, 2.75) is 130 Å². The average Bonchev–Trinajstić information content (AvgIpc) is 3.08. The van der Waals surface area contributed by atoms with Gasteiger partial charge >= 0.3 is 0 Å². The van der Waals surface area contributed by atoms with Gasteiger partial charge in [0.1, 0.15) is 0 Å². The molecule has 4 aliphatic carbocycles. The molecule has 0 aromatic heterocycles. The molecule has 0 radical (unpaired) electrons. The van der Waals surface area contributed by atoms with Gasteiger partial charge in [0.25, 0.3) is 0 Å². The Bertz CT molecular complexity index is 805. The fourth-order valence-electron chi connectivity index (χ4n) is 8.54. The Labute approximate surface area is 212 Å². The maximum atomic E-state index is 9.83. The lowest BCUT2D eigenvalue weighted by atomic mass is 9.48. The third-order valence-electron chi connectivity index (χ3n) is 11.7. The third kappa shape index (κ3) is 4.56. The van der Waals surface area contributed by atoms with Crippen LogP contribution in [0.5, 0.6) is 0 Å². The van der Waals surface area contributed by atoms with Gasteiger partial charge in [-0.15, -0.1) is 0 Å². The van der Waals surface area contributed by atoms with Crippen LogP contribution in [0.4, 0.5) is 0 Å². The fourth-order valence-corrected chi connectivity index (χ4v) is 9.81. The van der Waals surface area contributed by atoms with Crippen LogP contribution >= 0.6 is 0 Å². The van der Waals surface area contributed by atoms with Crippen molar-refractivity contribution >= 4 is 8.32 Å². The van der Waals surface area contributed by atoms with Crippen molar-refractivity contribution < 1.29 is 9.53 Å². The zero-order valence-corrected chi connectivity index (χ0v) is 24.8. The van der Waals surface area contributed by atoms with Crippen LogP contribution in [0.25, 0.3) is 0 Å². The molecule has 2 saturated carbocycles. The van der Waals surface area contributed by atoms with E-state index in [2.05, 4.69) is 72.9 Å². The number of aliphatic hydroxyl groups is 1. The Balaban J connectivity index is 1.50. The molecule has 0 bridgehead atoms. The van der Waals surface area contributed by atoms with Crippen molar-refractivity contribution in [1.82, 2.24) is 0 Å². The normalized spacial score (nSPS) is 41.8. The van der Waals surface area contributed by atoms with E-state index in [1.54, 1.807) is 5.57 Å². The molecule has 0 aromatic rings. The average molecular weight is 487 g/mol. The molecule has 0 aliphatic heterocycles. The molecule has 0 spiro atoms. The summed E-state index contributed by atoms with van der Waals surface area (Å²) >= 11 is 0. The van der Waals surface area contributed by atoms with E-state index >= 15 is 0 Å². The Kier molecular flexibility index (Phi) is 7.20. The molecular weight excluding hydrogens is 432 g/mol. The number of rotatable bonds is 6. The Morgan fingerprint density at radius 1 is 1.09 bits per heavy atom. The second-order valence-corrected chi connectivity index (χ2v) is 19.5. The number of fused-ring (bicyclic) bond motifs is 5. The minimum Gasteiger partial charge on any atom is -0.410 e. The quantitative estimate of drug-likeness (QED) is 0.301. The van der Waals surface area contributed by atoms with Crippen molar-refractivity contribution in [3.8, 4) is 0 Å². The summed E-state index contributed by atoms with van der Waals surface area (Å²) in [6, 6.07) is 0. The lowest BCUT2D eigenvalue weighted by Gasteiger charge is -2.57. The number of allylic oxidation sites excluding steroid dienone is 2. The van der Waals surface area contributed by atoms with E-state index < -0.39 is 8.32 Å². The summed E-state index contributed by atoms with van der Waals surface area (Å²) in [4.78, 5) is 0. The first-order valence-corrected chi connectivity index (χ1v) is 17.3. The van der Waals surface area contributed by atoms with Crippen molar-refractivity contribution in [1.29, 1.82) is 0 Å². The van der Waals surface area contributed by atoms with Crippen LogP contribution in [0.15, 0.2) is 23.8 Å². The Morgan fingerprint density at radius 2 is 1.79 bits per heavy atom. The lowest BCUT2D eigenvalue weighted by Crippen LogP contribution is -2.50. The van der Waals surface area contributed by atoms with E-state index in [1.807, 2.05) is 6.92 Å². The van der Waals surface area contributed by atoms with Gasteiger partial charge in [-0.05, 0) is 111 Å². The van der Waals surface area contributed by atoms with Crippen molar-refractivity contribution in [3.05, 3.63) is 23.8 Å². The lowest BCUT2D eigenvalue weighted by molar-refractivity contribution is -0.0361. The zero-order chi connectivity index (χ0) is 25.1. The predicted molar refractivity (Wildman–Crippen MR) is 147 cm³/mol. The van der Waals surface area contributed by atoms with Crippen LogP contribution in [-0.2, 0) is 4.43 Å². The molecule has 2 fully saturated rings. The van der Waals surface area contributed by atoms with E-state index in [1.165, 1.54) is 38.5 Å². The van der Waals surface area contributed by atoms with Gasteiger partial charge in [-0.2, -0.15) is 0 Å². The molecule has 1 N–H and O–H groups in total. The number of aliphatic hydroxyl groups excluding tert-OH is 1. The third-order valence-corrected chi connectivity index (χ3v) is 16.2. The molecule has 0 aromatic carbocycles. The van der Waals surface area contributed by atoms with Gasteiger partial charge in [-0.3, -0.25) is 0 Å². The smallest absolute Gasteiger partial charge is 0.192 e. The van der Waals surface area contributed by atoms with Gasteiger partial charge in [0.15, 0.2) is 8.32 Å². The standard InChI is InChI=1S/C31H54O2Si/c1-21(10-11-22(2)32)26-14-15-27-25-13-12-23-20-24(33-34(8,9)29(3,4)5)16-18-30(23,6)28(25)17-19-31(26,27)7/h12,16,18,21-22,24-28,32H,10-11,13-15,17,19-20H2,1-9H3/t21-,22?,24+,25+,26-,27+,28+,30+,31-/m1/s1. The summed E-state index contributed by atoms with van der Waals surface area (Å²) in [5.74, 6) is 4.06. The van der Waals surface area contributed by atoms with Crippen molar-refractivity contribution in [2.75, 3.05) is 0 Å². The first-order chi connectivity index (χ1) is 15.7. The molecule has 0 saturated heterocycles. The molecular formula is C31H54O2Si. The highest BCUT2D eigenvalue weighted by atomic mass is 28.4. The minimum atomic E-state index is -1.76. The number of hydrogen-bond donors (Lipinski definition) is 1. The molecule has 0 amide bonds. The van der Waals surface area contributed by atoms with Crippen LogP contribution in [-0.4, -0.2) is 25.6 Å². The summed E-state index contributed by atoms with van der Waals surface area (Å²) < 4.78 is 6.83. The summed E-state index contributed by atoms with van der Waals surface area (Å²) in [5.41, 5.74) is 2.39. The van der Waals surface area contributed by atoms with Crippen LogP contribution in [0, 0.1) is 40.4 Å². The second kappa shape index (κ2) is 9.17. The van der Waals surface area contributed by atoms with Crippen molar-refractivity contribution in [3.63, 3.8) is 0 Å². The minimum absolute atomic E-state index is 0.160. The zero-order valence-electron chi connectivity index (χ0n) is 23.8. The highest BCUT2D eigenvalue weighted by Crippen LogP contribution is 2.66. The van der Waals surface area contributed by atoms with Gasteiger partial charge in [0, 0.05) is 5.41 Å². The van der Waals surface area contributed by atoms with Crippen LogP contribution in [0.3, 0.4) is 0 Å². The summed E-state index contributed by atoms with van der Waals surface area (Å²) in [7, 11) is -1.76. The highest BCUT2D eigenvalue weighted by molar-refractivity contribution is 6.74. The molecule has 3 heteroatoms. The van der Waals surface area contributed by atoms with E-state index in [-0.39, 0.29) is 22.7 Å². The Morgan fingerprint density at radius 3 is 2.44 bits per heavy atom. The highest BCUT2D eigenvalue weighted by Gasteiger charge is 2.58. The summed E-state index contributed by atoms with van der Waals surface area (Å²) in [5, 5.41) is 10.1. The van der Waals surface area contributed by atoms with Gasteiger partial charge in [0.05, 0.1) is 12.2 Å². The monoisotopic (exact) mass is 486 g/mol. The fraction of sp³-hybridized carbons (Fsp3) is 0.871. The topological polar surface area (TPSA) is 29.5 Å². The molecule has 4 aliphatic rings. The van der Waals surface area contributed by atoms with Crippen LogP contribution < -0.4 is 0 Å². The molecule has 194 valence electrons. The van der Waals surface area contributed by atoms with Gasteiger partial charge in [-0.1, -0.05) is 65.3 Å². The van der Waals surface area contributed by atoms with E-state index in [4.69, 9.17) is 4.43 Å². The molecule has 2 nitrogen and oxygen atoms in total. The number of hydrogen-bond acceptors (Lipinski definition) is 2. The maximum absolute atomic E-state index is 9.83. The van der Waals surface area contributed by atoms with Gasteiger partial charge in [0.2, 0.25) is 0 Å². The predicted octanol–water partition coefficient (Wildman–Crippen LogP) is 8.53. The summed E-state index contributed by atoms with van der Waals surface area (Å²) in [6.45, 7) is 21.4. The SMILES string of the molecule is CC(O)CC[C@@H](C)[C@H]1CC[C@H]2[C@@H]3CC=C4C[C@@H](O[Si](C)(C)C(C)(C)C)C=C[C@]4(C)[C@H]3CC[C@]12C. The van der Waals surface area contributed by atoms with Crippen molar-refractivity contribution in [2.24, 2.45) is 40.4 Å². The maximum Gasteiger partial charge on any atom is 0.192 e. The second-order valence-electron chi connectivity index (χ2n) is 14.7. The van der Waals surface area contributed by atoms with Gasteiger partial charge < -0.3 is 9.53 Å². The molecule has 0 heterocycles.